The van der Waals surface area contributed by atoms with Crippen LogP contribution in [0.5, 0.6) is 0 Å². The molecule has 0 fully saturated rings. The summed E-state index contributed by atoms with van der Waals surface area (Å²) >= 11 is 0. The molecule has 3 nitrogen and oxygen atoms in total. The molecule has 0 aromatic heterocycles. The zero-order valence-corrected chi connectivity index (χ0v) is 6.57. The van der Waals surface area contributed by atoms with Crippen molar-refractivity contribution in [2.75, 3.05) is 0 Å². The molecule has 0 N–H and O–H groups in total. The zero-order valence-electron chi connectivity index (χ0n) is 5.17. The Balaban J connectivity index is 0. The van der Waals surface area contributed by atoms with E-state index in [2.05, 4.69) is 0 Å². The standard InChI is InChI=1S/C5H6O3.V/c1-3(6)5(8)4(2)7;/h1-2H3;. The summed E-state index contributed by atoms with van der Waals surface area (Å²) in [5.41, 5.74) is 0. The van der Waals surface area contributed by atoms with E-state index in [1.54, 1.807) is 0 Å². The molecule has 0 aliphatic carbocycles. The molecule has 0 aromatic carbocycles. The topological polar surface area (TPSA) is 51.2 Å². The maximum Gasteiger partial charge on any atom is 0.263 e. The summed E-state index contributed by atoms with van der Waals surface area (Å²) in [6.45, 7) is 2.15. The summed E-state index contributed by atoms with van der Waals surface area (Å²) in [4.78, 5) is 30.2. The van der Waals surface area contributed by atoms with E-state index in [9.17, 15) is 14.4 Å². The second kappa shape index (κ2) is 4.47. The van der Waals surface area contributed by atoms with Gasteiger partial charge in [0.1, 0.15) is 0 Å². The Morgan fingerprint density at radius 3 is 1.11 bits per heavy atom. The fraction of sp³-hybridized carbons (Fsp3) is 0.400. The summed E-state index contributed by atoms with van der Waals surface area (Å²) in [7, 11) is 0. The Hall–Kier alpha value is -0.406. The zero-order chi connectivity index (χ0) is 6.73. The monoisotopic (exact) mass is 165 g/mol. The molecule has 0 spiro atoms. The third-order valence-corrected chi connectivity index (χ3v) is 0.640. The van der Waals surface area contributed by atoms with Crippen LogP contribution in [-0.2, 0) is 32.9 Å². The predicted molar refractivity (Wildman–Crippen MR) is 26.4 cm³/mol. The first kappa shape index (κ1) is 11.4. The van der Waals surface area contributed by atoms with Crippen molar-refractivity contribution < 1.29 is 32.9 Å². The van der Waals surface area contributed by atoms with Crippen LogP contribution in [0.1, 0.15) is 13.8 Å². The maximum absolute atomic E-state index is 10.1. The number of carbonyl (C=O) groups is 3. The largest absolute Gasteiger partial charge is 0.291 e. The van der Waals surface area contributed by atoms with Crippen molar-refractivity contribution in [1.29, 1.82) is 0 Å². The van der Waals surface area contributed by atoms with Crippen molar-refractivity contribution >= 4 is 17.3 Å². The summed E-state index contributed by atoms with van der Waals surface area (Å²) in [5, 5.41) is 0. The number of ketones is 3. The molecule has 9 heavy (non-hydrogen) atoms. The average molecular weight is 165 g/mol. The predicted octanol–water partition coefficient (Wildman–Crippen LogP) is -0.269. The van der Waals surface area contributed by atoms with Crippen LogP contribution in [0, 0.1) is 0 Å². The smallest absolute Gasteiger partial charge is 0.263 e. The minimum absolute atomic E-state index is 0. The molecule has 1 radical (unpaired) electrons. The molecule has 0 atom stereocenters. The quantitative estimate of drug-likeness (QED) is 0.418. The van der Waals surface area contributed by atoms with Crippen molar-refractivity contribution in [2.45, 2.75) is 13.8 Å². The van der Waals surface area contributed by atoms with Gasteiger partial charge in [0.05, 0.1) is 0 Å². The third-order valence-electron chi connectivity index (χ3n) is 0.640. The average Bonchev–Trinajstić information content (AvgIpc) is 1.64. The van der Waals surface area contributed by atoms with Gasteiger partial charge in [0.2, 0.25) is 11.6 Å². The van der Waals surface area contributed by atoms with Gasteiger partial charge < -0.3 is 0 Å². The Morgan fingerprint density at radius 1 is 0.889 bits per heavy atom. The number of hydrogen-bond donors (Lipinski definition) is 0. The third kappa shape index (κ3) is 4.12. The van der Waals surface area contributed by atoms with Gasteiger partial charge in [-0.1, -0.05) is 0 Å². The summed E-state index contributed by atoms with van der Waals surface area (Å²) in [6.07, 6.45) is 0. The van der Waals surface area contributed by atoms with Gasteiger partial charge in [0.25, 0.3) is 5.78 Å². The molecule has 0 saturated heterocycles. The van der Waals surface area contributed by atoms with Gasteiger partial charge in [0, 0.05) is 32.4 Å². The SMILES string of the molecule is CC(=O)C(=O)C(C)=O.[V]. The molecule has 0 aromatic rings. The van der Waals surface area contributed by atoms with Crippen molar-refractivity contribution in [3.8, 4) is 0 Å². The summed E-state index contributed by atoms with van der Waals surface area (Å²) in [6, 6.07) is 0. The molecule has 0 amide bonds. The first-order valence-corrected chi connectivity index (χ1v) is 2.11. The van der Waals surface area contributed by atoms with Crippen LogP contribution in [0.25, 0.3) is 0 Å². The van der Waals surface area contributed by atoms with Crippen molar-refractivity contribution in [1.82, 2.24) is 0 Å². The van der Waals surface area contributed by atoms with Crippen molar-refractivity contribution in [3.63, 3.8) is 0 Å². The van der Waals surface area contributed by atoms with Crippen LogP contribution >= 0.6 is 0 Å². The molecular formula is C5H6O3V. The fourth-order valence-electron chi connectivity index (χ4n) is 0.248. The van der Waals surface area contributed by atoms with Crippen LogP contribution in [0.3, 0.4) is 0 Å². The first-order chi connectivity index (χ1) is 3.55. The normalized spacial score (nSPS) is 7.33. The van der Waals surface area contributed by atoms with E-state index in [0.29, 0.717) is 0 Å². The molecule has 0 aliphatic rings. The molecule has 0 saturated carbocycles. The minimum atomic E-state index is -0.926. The summed E-state index contributed by atoms with van der Waals surface area (Å²) < 4.78 is 0. The van der Waals surface area contributed by atoms with Crippen LogP contribution in [-0.4, -0.2) is 17.3 Å². The number of carbonyl (C=O) groups excluding carboxylic acids is 3. The van der Waals surface area contributed by atoms with Gasteiger partial charge in [0.15, 0.2) is 0 Å². The van der Waals surface area contributed by atoms with E-state index in [1.165, 1.54) is 0 Å². The van der Waals surface area contributed by atoms with Gasteiger partial charge in [-0.05, 0) is 0 Å². The summed E-state index contributed by atoms with van der Waals surface area (Å²) in [5.74, 6) is -2.32. The van der Waals surface area contributed by atoms with Gasteiger partial charge in [-0.15, -0.1) is 0 Å². The number of rotatable bonds is 2. The Kier molecular flexibility index (Phi) is 5.66. The molecular weight excluding hydrogens is 159 g/mol. The maximum atomic E-state index is 10.1. The van der Waals surface area contributed by atoms with Crippen LogP contribution < -0.4 is 0 Å². The van der Waals surface area contributed by atoms with E-state index in [-0.39, 0.29) is 18.6 Å². The minimum Gasteiger partial charge on any atom is -0.291 e. The van der Waals surface area contributed by atoms with Crippen molar-refractivity contribution in [2.24, 2.45) is 0 Å². The number of hydrogen-bond acceptors (Lipinski definition) is 3. The van der Waals surface area contributed by atoms with E-state index in [1.807, 2.05) is 0 Å². The van der Waals surface area contributed by atoms with Crippen LogP contribution in [0.15, 0.2) is 0 Å². The Bertz CT molecular complexity index is 134. The van der Waals surface area contributed by atoms with E-state index in [0.717, 1.165) is 13.8 Å². The second-order valence-corrected chi connectivity index (χ2v) is 1.44. The molecule has 0 unspecified atom stereocenters. The van der Waals surface area contributed by atoms with Crippen LogP contribution in [0.4, 0.5) is 0 Å². The molecule has 0 rings (SSSR count). The van der Waals surface area contributed by atoms with Gasteiger partial charge in [-0.25, -0.2) is 0 Å². The molecule has 0 heterocycles. The van der Waals surface area contributed by atoms with E-state index >= 15 is 0 Å². The molecule has 0 aliphatic heterocycles. The van der Waals surface area contributed by atoms with Gasteiger partial charge in [-0.2, -0.15) is 0 Å². The van der Waals surface area contributed by atoms with E-state index < -0.39 is 17.3 Å². The second-order valence-electron chi connectivity index (χ2n) is 1.44. The molecule has 49 valence electrons. The first-order valence-electron chi connectivity index (χ1n) is 2.11. The number of Topliss-reactive ketones (excluding diaryl/α,β-unsaturated/α-hetero) is 3. The molecule has 0 bridgehead atoms. The van der Waals surface area contributed by atoms with E-state index in [4.69, 9.17) is 0 Å². The Labute approximate surface area is 64.7 Å². The van der Waals surface area contributed by atoms with Gasteiger partial charge in [-0.3, -0.25) is 14.4 Å². The van der Waals surface area contributed by atoms with Crippen molar-refractivity contribution in [3.05, 3.63) is 0 Å². The molecule has 4 heteroatoms. The van der Waals surface area contributed by atoms with Crippen LogP contribution in [0.2, 0.25) is 0 Å². The fourth-order valence-corrected chi connectivity index (χ4v) is 0.248. The Morgan fingerprint density at radius 2 is 1.11 bits per heavy atom. The van der Waals surface area contributed by atoms with Gasteiger partial charge >= 0.3 is 0 Å².